The molecule has 0 bridgehead atoms. The average molecular weight is 497 g/mol. The molecule has 0 saturated heterocycles. The van der Waals surface area contributed by atoms with Crippen molar-refractivity contribution in [1.82, 2.24) is 4.90 Å². The van der Waals surface area contributed by atoms with Crippen LogP contribution in [-0.4, -0.2) is 53.9 Å². The zero-order valence-corrected chi connectivity index (χ0v) is 22.2. The summed E-state index contributed by atoms with van der Waals surface area (Å²) in [5, 5.41) is 10.8. The lowest BCUT2D eigenvalue weighted by molar-refractivity contribution is -0.130. The van der Waals surface area contributed by atoms with Crippen molar-refractivity contribution in [3.63, 3.8) is 0 Å². The van der Waals surface area contributed by atoms with E-state index < -0.39 is 5.60 Å². The lowest BCUT2D eigenvalue weighted by Crippen LogP contribution is -2.35. The second-order valence-electron chi connectivity index (χ2n) is 10.1. The Bertz CT molecular complexity index is 1160. The highest BCUT2D eigenvalue weighted by Gasteiger charge is 2.33. The van der Waals surface area contributed by atoms with Crippen molar-refractivity contribution in [3.05, 3.63) is 68.8 Å². The van der Waals surface area contributed by atoms with Gasteiger partial charge in [-0.1, -0.05) is 25.0 Å². The Morgan fingerprint density at radius 1 is 1.22 bits per heavy atom. The lowest BCUT2D eigenvalue weighted by atomic mass is 9.86. The summed E-state index contributed by atoms with van der Waals surface area (Å²) < 4.78 is 19.5. The van der Waals surface area contributed by atoms with Gasteiger partial charge in [0.05, 0.1) is 17.7 Å². The number of allylic oxidation sites excluding steroid dienone is 7. The molecule has 1 amide bonds. The van der Waals surface area contributed by atoms with E-state index in [1.54, 1.807) is 25.8 Å². The second kappa shape index (κ2) is 11.3. The van der Waals surface area contributed by atoms with Crippen LogP contribution in [0, 0.1) is 0 Å². The molecular formula is C29H37FN2O4. The number of fused-ring (bicyclic) bond motifs is 1. The number of ether oxygens (including phenoxy) is 1. The number of amides is 1. The van der Waals surface area contributed by atoms with Crippen molar-refractivity contribution in [2.75, 3.05) is 20.2 Å². The topological polar surface area (TPSA) is 79.2 Å². The van der Waals surface area contributed by atoms with Crippen molar-refractivity contribution < 1.29 is 23.8 Å². The van der Waals surface area contributed by atoms with E-state index in [-0.39, 0.29) is 24.8 Å². The summed E-state index contributed by atoms with van der Waals surface area (Å²) in [4.78, 5) is 30.2. The summed E-state index contributed by atoms with van der Waals surface area (Å²) in [6.07, 6.45) is 8.41. The molecule has 0 unspecified atom stereocenters. The van der Waals surface area contributed by atoms with Crippen molar-refractivity contribution in [3.8, 4) is 0 Å². The molecule has 0 aromatic heterocycles. The normalized spacial score (nSPS) is 21.7. The van der Waals surface area contributed by atoms with Crippen LogP contribution in [0.15, 0.2) is 73.8 Å². The molecule has 0 aromatic carbocycles. The highest BCUT2D eigenvalue weighted by molar-refractivity contribution is 6.13. The second-order valence-corrected chi connectivity index (χ2v) is 10.1. The molecule has 0 saturated carbocycles. The third-order valence-electron chi connectivity index (χ3n) is 7.06. The fourth-order valence-electron chi connectivity index (χ4n) is 5.07. The largest absolute Gasteiger partial charge is 0.463 e. The Morgan fingerprint density at radius 2 is 1.94 bits per heavy atom. The van der Waals surface area contributed by atoms with E-state index in [9.17, 15) is 19.1 Å². The fraction of sp³-hybridized carbons (Fsp3) is 0.483. The van der Waals surface area contributed by atoms with Gasteiger partial charge in [-0.15, -0.1) is 0 Å². The lowest BCUT2D eigenvalue weighted by Gasteiger charge is -2.32. The van der Waals surface area contributed by atoms with Crippen LogP contribution in [-0.2, 0) is 14.3 Å². The van der Waals surface area contributed by atoms with Gasteiger partial charge >= 0.3 is 0 Å². The van der Waals surface area contributed by atoms with Gasteiger partial charge in [-0.05, 0) is 86.1 Å². The molecule has 1 aliphatic carbocycles. The number of halogens is 1. The van der Waals surface area contributed by atoms with Gasteiger partial charge in [-0.25, -0.2) is 4.39 Å². The maximum atomic E-state index is 14.5. The van der Waals surface area contributed by atoms with E-state index >= 15 is 0 Å². The van der Waals surface area contributed by atoms with E-state index in [4.69, 9.17) is 4.74 Å². The molecule has 3 aliphatic rings. The minimum atomic E-state index is -1.19. The Balaban J connectivity index is 1.96. The Labute approximate surface area is 213 Å². The molecule has 0 fully saturated rings. The molecule has 3 rings (SSSR count). The number of carbonyl (C=O) groups excluding carboxylic acids is 2. The third-order valence-corrected chi connectivity index (χ3v) is 7.06. The Hall–Kier alpha value is -3.06. The minimum Gasteiger partial charge on any atom is -0.463 e. The predicted octanol–water partition coefficient (Wildman–Crippen LogP) is 5.43. The zero-order chi connectivity index (χ0) is 26.6. The molecule has 7 heteroatoms. The maximum absolute atomic E-state index is 14.5. The number of nitrogens with zero attached hydrogens (tertiary/aromatic N) is 2. The Kier molecular flexibility index (Phi) is 8.67. The van der Waals surface area contributed by atoms with Crippen LogP contribution in [0.3, 0.4) is 0 Å². The number of aliphatic hydroxyl groups is 1. The maximum Gasteiger partial charge on any atom is 0.293 e. The van der Waals surface area contributed by atoms with Crippen LogP contribution in [0.5, 0.6) is 0 Å². The van der Waals surface area contributed by atoms with Crippen molar-refractivity contribution in [2.45, 2.75) is 72.3 Å². The number of rotatable bonds is 8. The minimum absolute atomic E-state index is 0.0351. The first-order chi connectivity index (χ1) is 17.0. The summed E-state index contributed by atoms with van der Waals surface area (Å²) in [7, 11) is 1.68. The smallest absolute Gasteiger partial charge is 0.293 e. The molecule has 2 heterocycles. The SMILES string of the molecule is CCCC1=C(C)C(F)=CC(=NC)/C1=C\CC1=C(C)CC2=CC(C(C)(C)O)=C(COC=O)CC(=O)N2C1. The molecule has 2 aliphatic heterocycles. The van der Waals surface area contributed by atoms with Crippen LogP contribution >= 0.6 is 0 Å². The molecule has 0 radical (unpaired) electrons. The van der Waals surface area contributed by atoms with Gasteiger partial charge < -0.3 is 14.7 Å². The summed E-state index contributed by atoms with van der Waals surface area (Å²) in [6, 6.07) is 0. The molecular weight excluding hydrogens is 459 g/mol. The molecule has 6 nitrogen and oxygen atoms in total. The van der Waals surface area contributed by atoms with Gasteiger partial charge in [0.1, 0.15) is 12.4 Å². The van der Waals surface area contributed by atoms with Crippen LogP contribution in [0.4, 0.5) is 4.39 Å². The average Bonchev–Trinajstić information content (AvgIpc) is 2.95. The summed E-state index contributed by atoms with van der Waals surface area (Å²) in [6.45, 7) is 10.0. The molecule has 0 atom stereocenters. The van der Waals surface area contributed by atoms with Gasteiger partial charge in [-0.2, -0.15) is 0 Å². The summed E-state index contributed by atoms with van der Waals surface area (Å²) in [5.74, 6) is -0.331. The number of hydrogen-bond donors (Lipinski definition) is 1. The molecule has 0 spiro atoms. The van der Waals surface area contributed by atoms with Gasteiger partial charge in [0, 0.05) is 25.7 Å². The van der Waals surface area contributed by atoms with Crippen LogP contribution in [0.1, 0.15) is 66.7 Å². The highest BCUT2D eigenvalue weighted by Crippen LogP contribution is 2.37. The number of hydrogen-bond acceptors (Lipinski definition) is 5. The van der Waals surface area contributed by atoms with Crippen LogP contribution in [0.25, 0.3) is 0 Å². The van der Waals surface area contributed by atoms with Crippen LogP contribution in [0.2, 0.25) is 0 Å². The quantitative estimate of drug-likeness (QED) is 0.359. The predicted molar refractivity (Wildman–Crippen MR) is 140 cm³/mol. The van der Waals surface area contributed by atoms with Crippen molar-refractivity contribution in [1.29, 1.82) is 0 Å². The highest BCUT2D eigenvalue weighted by atomic mass is 19.1. The Morgan fingerprint density at radius 3 is 2.56 bits per heavy atom. The fourth-order valence-corrected chi connectivity index (χ4v) is 5.07. The number of carbonyl (C=O) groups is 2. The first-order valence-electron chi connectivity index (χ1n) is 12.4. The molecule has 0 aromatic rings. The van der Waals surface area contributed by atoms with Gasteiger partial charge in [0.25, 0.3) is 6.47 Å². The summed E-state index contributed by atoms with van der Waals surface area (Å²) >= 11 is 0. The number of aliphatic imine (C=N–C) groups is 1. The van der Waals surface area contributed by atoms with E-state index in [2.05, 4.69) is 24.9 Å². The first kappa shape index (κ1) is 27.5. The monoisotopic (exact) mass is 496 g/mol. The summed E-state index contributed by atoms with van der Waals surface area (Å²) in [5.41, 5.74) is 6.39. The van der Waals surface area contributed by atoms with E-state index in [0.29, 0.717) is 48.3 Å². The third kappa shape index (κ3) is 5.84. The van der Waals surface area contributed by atoms with Gasteiger partial charge in [0.15, 0.2) is 0 Å². The van der Waals surface area contributed by atoms with Gasteiger partial charge in [-0.3, -0.25) is 14.6 Å². The van der Waals surface area contributed by atoms with Crippen molar-refractivity contribution in [2.24, 2.45) is 4.99 Å². The standard InChI is InChI=1S/C29H37FN2O4/c1-7-8-23-19(3)26(30)14-27(31-6)24(23)10-9-20-15-32-22(11-18(20)2)13-25(29(4,5)35)21(12-28(32)34)16-36-17-33/h10,13-14,17,35H,7-9,11-12,15-16H2,1-6H3/b24-10-,31-27?. The van der Waals surface area contributed by atoms with E-state index in [1.165, 1.54) is 6.08 Å². The van der Waals surface area contributed by atoms with Crippen molar-refractivity contribution >= 4 is 18.1 Å². The van der Waals surface area contributed by atoms with Gasteiger partial charge in [0.2, 0.25) is 5.91 Å². The van der Waals surface area contributed by atoms with E-state index in [0.717, 1.165) is 40.8 Å². The molecule has 194 valence electrons. The first-order valence-corrected chi connectivity index (χ1v) is 12.4. The molecule has 1 N–H and O–H groups in total. The molecule has 36 heavy (non-hydrogen) atoms. The van der Waals surface area contributed by atoms with Crippen LogP contribution < -0.4 is 0 Å². The van der Waals surface area contributed by atoms with E-state index in [1.807, 2.05) is 13.0 Å². The zero-order valence-electron chi connectivity index (χ0n) is 22.2.